The lowest BCUT2D eigenvalue weighted by Gasteiger charge is -2.35. The van der Waals surface area contributed by atoms with E-state index in [2.05, 4.69) is 4.90 Å². The van der Waals surface area contributed by atoms with E-state index in [9.17, 15) is 8.42 Å². The largest absolute Gasteiger partial charge is 0.383 e. The summed E-state index contributed by atoms with van der Waals surface area (Å²) in [5.41, 5.74) is 0.371. The van der Waals surface area contributed by atoms with Gasteiger partial charge in [-0.05, 0) is 37.0 Å². The number of benzene rings is 1. The number of nitrogens with zero attached hydrogens (tertiary/aromatic N) is 3. The van der Waals surface area contributed by atoms with E-state index in [0.29, 0.717) is 31.2 Å². The summed E-state index contributed by atoms with van der Waals surface area (Å²) in [4.78, 5) is 2.57. The van der Waals surface area contributed by atoms with Gasteiger partial charge in [-0.15, -0.1) is 0 Å². The first kappa shape index (κ1) is 17.4. The Labute approximate surface area is 143 Å². The Morgan fingerprint density at radius 3 is 2.88 bits per heavy atom. The molecule has 3 fully saturated rings. The SMILES string of the molecule is COCCN1C[C@H]2CC[C@@H]1CN(S(=O)(=O)c1cccc(C#N)c1)C2. The number of rotatable bonds is 5. The lowest BCUT2D eigenvalue weighted by atomic mass is 9.95. The van der Waals surface area contributed by atoms with Gasteiger partial charge >= 0.3 is 0 Å². The summed E-state index contributed by atoms with van der Waals surface area (Å²) >= 11 is 0. The van der Waals surface area contributed by atoms with Crippen molar-refractivity contribution >= 4 is 10.0 Å². The molecule has 24 heavy (non-hydrogen) atoms. The molecule has 0 aromatic heterocycles. The predicted molar refractivity (Wildman–Crippen MR) is 89.9 cm³/mol. The molecular formula is C17H23N3O3S. The van der Waals surface area contributed by atoms with Crippen LogP contribution in [0.5, 0.6) is 0 Å². The van der Waals surface area contributed by atoms with Crippen molar-refractivity contribution in [3.05, 3.63) is 29.8 Å². The lowest BCUT2D eigenvalue weighted by molar-refractivity contribution is 0.0881. The van der Waals surface area contributed by atoms with Crippen LogP contribution in [0.2, 0.25) is 0 Å². The van der Waals surface area contributed by atoms with Crippen LogP contribution < -0.4 is 0 Å². The van der Waals surface area contributed by atoms with Gasteiger partial charge in [-0.25, -0.2) is 8.42 Å². The van der Waals surface area contributed by atoms with Crippen LogP contribution in [0, 0.1) is 17.2 Å². The molecule has 0 aliphatic carbocycles. The van der Waals surface area contributed by atoms with E-state index < -0.39 is 10.0 Å². The Kier molecular flexibility index (Phi) is 5.21. The second kappa shape index (κ2) is 7.19. The molecular weight excluding hydrogens is 326 g/mol. The summed E-state index contributed by atoms with van der Waals surface area (Å²) in [6.45, 7) is 3.51. The molecule has 2 bridgehead atoms. The van der Waals surface area contributed by atoms with Crippen molar-refractivity contribution < 1.29 is 13.2 Å². The van der Waals surface area contributed by atoms with Gasteiger partial charge in [-0.1, -0.05) is 6.07 Å². The van der Waals surface area contributed by atoms with Gasteiger partial charge in [0.1, 0.15) is 0 Å². The summed E-state index contributed by atoms with van der Waals surface area (Å²) < 4.78 is 32.8. The molecule has 0 N–H and O–H groups in total. The van der Waals surface area contributed by atoms with E-state index in [-0.39, 0.29) is 10.9 Å². The van der Waals surface area contributed by atoms with E-state index in [1.807, 2.05) is 6.07 Å². The van der Waals surface area contributed by atoms with Gasteiger partial charge in [0.25, 0.3) is 0 Å². The normalized spacial score (nSPS) is 25.3. The zero-order valence-corrected chi connectivity index (χ0v) is 14.7. The molecule has 0 unspecified atom stereocenters. The summed E-state index contributed by atoms with van der Waals surface area (Å²) in [6, 6.07) is 8.54. The molecule has 3 aliphatic heterocycles. The number of piperidine rings is 1. The second-order valence-electron chi connectivity index (χ2n) is 6.55. The fraction of sp³-hybridized carbons (Fsp3) is 0.588. The number of sulfonamides is 1. The van der Waals surface area contributed by atoms with E-state index in [1.165, 1.54) is 6.07 Å². The summed E-state index contributed by atoms with van der Waals surface area (Å²) in [6.07, 6.45) is 2.09. The molecule has 0 amide bonds. The minimum Gasteiger partial charge on any atom is -0.383 e. The molecule has 0 spiro atoms. The van der Waals surface area contributed by atoms with Crippen molar-refractivity contribution in [1.82, 2.24) is 9.21 Å². The first-order valence-electron chi connectivity index (χ1n) is 8.28. The fourth-order valence-electron chi connectivity index (χ4n) is 3.69. The average molecular weight is 349 g/mol. The topological polar surface area (TPSA) is 73.6 Å². The number of methoxy groups -OCH3 is 1. The molecule has 7 heteroatoms. The van der Waals surface area contributed by atoms with Gasteiger partial charge in [0, 0.05) is 39.3 Å². The van der Waals surface area contributed by atoms with Crippen molar-refractivity contribution in [1.29, 1.82) is 5.26 Å². The van der Waals surface area contributed by atoms with E-state index >= 15 is 0 Å². The molecule has 1 aromatic rings. The summed E-state index contributed by atoms with van der Waals surface area (Å²) in [7, 11) is -1.87. The van der Waals surface area contributed by atoms with Crippen molar-refractivity contribution in [3.63, 3.8) is 0 Å². The van der Waals surface area contributed by atoms with Gasteiger partial charge in [0.2, 0.25) is 10.0 Å². The highest BCUT2D eigenvalue weighted by molar-refractivity contribution is 7.89. The Balaban J connectivity index is 1.83. The van der Waals surface area contributed by atoms with Gasteiger partial charge in [0.05, 0.1) is 23.1 Å². The molecule has 6 nitrogen and oxygen atoms in total. The van der Waals surface area contributed by atoms with Gasteiger partial charge in [-0.3, -0.25) is 4.90 Å². The van der Waals surface area contributed by atoms with Gasteiger partial charge in [-0.2, -0.15) is 9.57 Å². The second-order valence-corrected chi connectivity index (χ2v) is 8.48. The average Bonchev–Trinajstić information content (AvgIpc) is 2.92. The van der Waals surface area contributed by atoms with Crippen LogP contribution in [-0.2, 0) is 14.8 Å². The molecule has 2 atom stereocenters. The third kappa shape index (κ3) is 3.47. The maximum atomic E-state index is 13.0. The van der Waals surface area contributed by atoms with Crippen LogP contribution in [0.25, 0.3) is 0 Å². The van der Waals surface area contributed by atoms with E-state index in [0.717, 1.165) is 25.9 Å². The molecule has 3 saturated heterocycles. The summed E-state index contributed by atoms with van der Waals surface area (Å²) in [5.74, 6) is 0.356. The Hall–Kier alpha value is -1.46. The highest BCUT2D eigenvalue weighted by Crippen LogP contribution is 2.31. The van der Waals surface area contributed by atoms with E-state index in [1.54, 1.807) is 29.6 Å². The molecule has 3 aliphatic rings. The summed E-state index contributed by atoms with van der Waals surface area (Å²) in [5, 5.41) is 9.02. The van der Waals surface area contributed by atoms with Crippen molar-refractivity contribution in [2.24, 2.45) is 5.92 Å². The first-order chi connectivity index (χ1) is 11.5. The highest BCUT2D eigenvalue weighted by atomic mass is 32.2. The van der Waals surface area contributed by atoms with Crippen LogP contribution in [0.15, 0.2) is 29.2 Å². The highest BCUT2D eigenvalue weighted by Gasteiger charge is 2.39. The molecule has 0 saturated carbocycles. The Morgan fingerprint density at radius 1 is 1.29 bits per heavy atom. The molecule has 1 aromatic carbocycles. The number of fused-ring (bicyclic) bond motifs is 4. The number of hydrogen-bond acceptors (Lipinski definition) is 5. The predicted octanol–water partition coefficient (Wildman–Crippen LogP) is 1.29. The third-order valence-corrected chi connectivity index (χ3v) is 6.80. The third-order valence-electron chi connectivity index (χ3n) is 4.98. The number of hydrogen-bond donors (Lipinski definition) is 0. The van der Waals surface area contributed by atoms with E-state index in [4.69, 9.17) is 10.00 Å². The van der Waals surface area contributed by atoms with Crippen LogP contribution in [0.1, 0.15) is 18.4 Å². The van der Waals surface area contributed by atoms with Crippen LogP contribution in [0.4, 0.5) is 0 Å². The monoisotopic (exact) mass is 349 g/mol. The quantitative estimate of drug-likeness (QED) is 0.801. The van der Waals surface area contributed by atoms with Crippen LogP contribution >= 0.6 is 0 Å². The minimum atomic E-state index is -3.56. The van der Waals surface area contributed by atoms with Crippen molar-refractivity contribution in [2.75, 3.05) is 39.9 Å². The fourth-order valence-corrected chi connectivity index (χ4v) is 5.29. The minimum absolute atomic E-state index is 0.214. The molecule has 3 heterocycles. The van der Waals surface area contributed by atoms with Gasteiger partial charge in [0.15, 0.2) is 0 Å². The molecule has 4 rings (SSSR count). The smallest absolute Gasteiger partial charge is 0.243 e. The maximum absolute atomic E-state index is 13.0. The number of nitriles is 1. The Bertz CT molecular complexity index is 729. The maximum Gasteiger partial charge on any atom is 0.243 e. The standard InChI is InChI=1S/C17H23N3O3S/c1-23-8-7-19-11-15-5-6-16(19)13-20(12-15)24(21,22)17-4-2-3-14(9-17)10-18/h2-4,9,15-16H,5-8,11-13H2,1H3/t15-,16-/m1/s1. The van der Waals surface area contributed by atoms with Crippen molar-refractivity contribution in [3.8, 4) is 6.07 Å². The van der Waals surface area contributed by atoms with Crippen molar-refractivity contribution in [2.45, 2.75) is 23.8 Å². The van der Waals surface area contributed by atoms with Crippen LogP contribution in [-0.4, -0.2) is 63.6 Å². The lowest BCUT2D eigenvalue weighted by Crippen LogP contribution is -2.45. The zero-order chi connectivity index (χ0) is 17.2. The van der Waals surface area contributed by atoms with Gasteiger partial charge < -0.3 is 4.74 Å². The van der Waals surface area contributed by atoms with Crippen LogP contribution in [0.3, 0.4) is 0 Å². The Morgan fingerprint density at radius 2 is 2.12 bits per heavy atom. The number of ether oxygens (including phenoxy) is 1. The molecule has 130 valence electrons. The first-order valence-corrected chi connectivity index (χ1v) is 9.72. The zero-order valence-electron chi connectivity index (χ0n) is 13.9. The molecule has 0 radical (unpaired) electrons.